The number of benzene rings is 2. The number of hydrogen-bond acceptors (Lipinski definition) is 6. The van der Waals surface area contributed by atoms with Gasteiger partial charge in [0, 0.05) is 20.0 Å². The molecule has 0 bridgehead atoms. The summed E-state index contributed by atoms with van der Waals surface area (Å²) in [5.74, 6) is 0.0223. The second-order valence-electron chi connectivity index (χ2n) is 7.55. The molecule has 0 atom stereocenters. The molecule has 2 aromatic heterocycles. The van der Waals surface area contributed by atoms with E-state index in [4.69, 9.17) is 4.74 Å². The molecular weight excluding hydrogens is 429 g/mol. The Morgan fingerprint density at radius 2 is 1.81 bits per heavy atom. The highest BCUT2D eigenvalue weighted by atomic mass is 32.1. The van der Waals surface area contributed by atoms with E-state index in [-0.39, 0.29) is 11.7 Å². The van der Waals surface area contributed by atoms with E-state index >= 15 is 0 Å². The molecular formula is C23H20FN5O2S. The molecule has 7 nitrogen and oxygen atoms in total. The summed E-state index contributed by atoms with van der Waals surface area (Å²) >= 11 is 1.39. The van der Waals surface area contributed by atoms with Crippen LogP contribution in [0, 0.1) is 5.82 Å². The van der Waals surface area contributed by atoms with Crippen LogP contribution in [0.2, 0.25) is 0 Å². The third-order valence-corrected chi connectivity index (χ3v) is 6.20. The average Bonchev–Trinajstić information content (AvgIpc) is 3.42. The molecule has 1 aliphatic heterocycles. The fraction of sp³-hybridized carbons (Fsp3) is 0.217. The van der Waals surface area contributed by atoms with Gasteiger partial charge in [0.2, 0.25) is 0 Å². The van der Waals surface area contributed by atoms with E-state index in [0.717, 1.165) is 16.1 Å². The summed E-state index contributed by atoms with van der Waals surface area (Å²) in [6.45, 7) is 1.47. The number of likely N-dealkylation sites (N-methyl/N-ethyl adjacent to an activating group) is 1. The minimum atomic E-state index is -0.273. The molecule has 2 aromatic carbocycles. The number of hydrogen-bond donors (Lipinski definition) is 0. The van der Waals surface area contributed by atoms with Gasteiger partial charge in [-0.25, -0.2) is 4.39 Å². The van der Waals surface area contributed by atoms with Crippen molar-refractivity contribution >= 4 is 17.2 Å². The minimum Gasteiger partial charge on any atom is -0.484 e. The van der Waals surface area contributed by atoms with Crippen LogP contribution in [0.15, 0.2) is 54.6 Å². The number of aromatic nitrogens is 4. The van der Waals surface area contributed by atoms with Crippen molar-refractivity contribution in [1.82, 2.24) is 24.9 Å². The van der Waals surface area contributed by atoms with E-state index in [1.165, 1.54) is 23.5 Å². The van der Waals surface area contributed by atoms with Gasteiger partial charge in [-0.15, -0.1) is 10.2 Å². The first-order chi connectivity index (χ1) is 15.6. The Bertz CT molecular complexity index is 1250. The number of fused-ring (bicyclic) bond motifs is 1. The van der Waals surface area contributed by atoms with E-state index in [2.05, 4.69) is 15.3 Å². The number of rotatable bonds is 6. The third kappa shape index (κ3) is 3.99. The summed E-state index contributed by atoms with van der Waals surface area (Å²) < 4.78 is 21.0. The fourth-order valence-corrected chi connectivity index (χ4v) is 4.40. The SMILES string of the molecule is CN1CCn2nc(-c3nnc(Cc4ccc(F)cc4)s3)c(OCc3ccccc3)c2C1=O. The van der Waals surface area contributed by atoms with Gasteiger partial charge in [-0.2, -0.15) is 5.10 Å². The van der Waals surface area contributed by atoms with Gasteiger partial charge in [0.25, 0.3) is 5.91 Å². The Balaban J connectivity index is 1.48. The second kappa shape index (κ2) is 8.51. The van der Waals surface area contributed by atoms with Gasteiger partial charge in [-0.05, 0) is 23.3 Å². The maximum atomic E-state index is 13.2. The van der Waals surface area contributed by atoms with E-state index in [0.29, 0.717) is 48.3 Å². The molecule has 4 aromatic rings. The normalized spacial score (nSPS) is 13.3. The van der Waals surface area contributed by atoms with Crippen LogP contribution in [0.25, 0.3) is 10.7 Å². The number of carbonyl (C=O) groups excluding carboxylic acids is 1. The number of amides is 1. The van der Waals surface area contributed by atoms with E-state index in [1.54, 1.807) is 28.8 Å². The molecule has 32 heavy (non-hydrogen) atoms. The summed E-state index contributed by atoms with van der Waals surface area (Å²) in [4.78, 5) is 14.6. The van der Waals surface area contributed by atoms with Crippen molar-refractivity contribution in [3.05, 3.63) is 82.2 Å². The van der Waals surface area contributed by atoms with E-state index < -0.39 is 0 Å². The lowest BCUT2D eigenvalue weighted by atomic mass is 10.2. The highest BCUT2D eigenvalue weighted by Crippen LogP contribution is 2.37. The Morgan fingerprint density at radius 3 is 2.59 bits per heavy atom. The molecule has 1 aliphatic rings. The second-order valence-corrected chi connectivity index (χ2v) is 8.62. The van der Waals surface area contributed by atoms with Gasteiger partial charge in [0.1, 0.15) is 17.4 Å². The van der Waals surface area contributed by atoms with Crippen molar-refractivity contribution in [2.24, 2.45) is 0 Å². The molecule has 0 saturated heterocycles. The van der Waals surface area contributed by atoms with Gasteiger partial charge < -0.3 is 9.64 Å². The van der Waals surface area contributed by atoms with Gasteiger partial charge in [0.05, 0.1) is 6.54 Å². The summed E-state index contributed by atoms with van der Waals surface area (Å²) in [6, 6.07) is 16.1. The van der Waals surface area contributed by atoms with Gasteiger partial charge in [-0.1, -0.05) is 53.8 Å². The number of halogens is 1. The van der Waals surface area contributed by atoms with Crippen LogP contribution in [-0.2, 0) is 19.6 Å². The topological polar surface area (TPSA) is 73.1 Å². The van der Waals surface area contributed by atoms with Crippen LogP contribution in [-0.4, -0.2) is 44.4 Å². The number of ether oxygens (including phenoxy) is 1. The Kier molecular flexibility index (Phi) is 5.40. The monoisotopic (exact) mass is 449 g/mol. The van der Waals surface area contributed by atoms with Crippen molar-refractivity contribution in [2.75, 3.05) is 13.6 Å². The fourth-order valence-electron chi connectivity index (χ4n) is 3.55. The molecule has 0 N–H and O–H groups in total. The van der Waals surface area contributed by atoms with Crippen molar-refractivity contribution in [3.63, 3.8) is 0 Å². The first-order valence-electron chi connectivity index (χ1n) is 10.2. The zero-order valence-corrected chi connectivity index (χ0v) is 18.2. The smallest absolute Gasteiger partial charge is 0.275 e. The molecule has 162 valence electrons. The Labute approximate surface area is 188 Å². The largest absolute Gasteiger partial charge is 0.484 e. The van der Waals surface area contributed by atoms with E-state index in [9.17, 15) is 9.18 Å². The molecule has 0 unspecified atom stereocenters. The molecule has 9 heteroatoms. The molecule has 0 aliphatic carbocycles. The van der Waals surface area contributed by atoms with Crippen LogP contribution < -0.4 is 4.74 Å². The third-order valence-electron chi connectivity index (χ3n) is 5.27. The lowest BCUT2D eigenvalue weighted by molar-refractivity contribution is 0.0736. The molecule has 5 rings (SSSR count). The summed E-state index contributed by atoms with van der Waals surface area (Å²) in [5.41, 5.74) is 2.88. The molecule has 3 heterocycles. The lowest BCUT2D eigenvalue weighted by Gasteiger charge is -2.23. The first-order valence-corrected chi connectivity index (χ1v) is 11.0. The van der Waals surface area contributed by atoms with Gasteiger partial charge >= 0.3 is 0 Å². The summed E-state index contributed by atoms with van der Waals surface area (Å²) in [7, 11) is 1.77. The van der Waals surface area contributed by atoms with Crippen LogP contribution in [0.3, 0.4) is 0 Å². The maximum Gasteiger partial charge on any atom is 0.275 e. The molecule has 1 amide bonds. The summed E-state index contributed by atoms with van der Waals surface area (Å²) in [6.07, 6.45) is 0.535. The molecule has 0 fully saturated rings. The summed E-state index contributed by atoms with van der Waals surface area (Å²) in [5, 5.41) is 14.6. The van der Waals surface area contributed by atoms with Crippen molar-refractivity contribution in [2.45, 2.75) is 19.6 Å². The van der Waals surface area contributed by atoms with E-state index in [1.807, 2.05) is 30.3 Å². The van der Waals surface area contributed by atoms with Crippen LogP contribution >= 0.6 is 11.3 Å². The standard InChI is InChI=1S/C23H20FN5O2S/c1-28-11-12-29-20(23(28)30)21(31-14-16-5-3-2-4-6-16)19(27-29)22-26-25-18(32-22)13-15-7-9-17(24)10-8-15/h2-10H,11-14H2,1H3. The lowest BCUT2D eigenvalue weighted by Crippen LogP contribution is -2.37. The quantitative estimate of drug-likeness (QED) is 0.448. The highest BCUT2D eigenvalue weighted by Gasteiger charge is 2.32. The van der Waals surface area contributed by atoms with Crippen molar-refractivity contribution in [1.29, 1.82) is 0 Å². The molecule has 0 radical (unpaired) electrons. The zero-order chi connectivity index (χ0) is 22.1. The molecule has 0 saturated carbocycles. The van der Waals surface area contributed by atoms with Crippen molar-refractivity contribution in [3.8, 4) is 16.5 Å². The minimum absolute atomic E-state index is 0.130. The Hall–Kier alpha value is -3.59. The van der Waals surface area contributed by atoms with Crippen molar-refractivity contribution < 1.29 is 13.9 Å². The average molecular weight is 450 g/mol. The predicted molar refractivity (Wildman–Crippen MR) is 118 cm³/mol. The highest BCUT2D eigenvalue weighted by molar-refractivity contribution is 7.14. The Morgan fingerprint density at radius 1 is 1.03 bits per heavy atom. The zero-order valence-electron chi connectivity index (χ0n) is 17.4. The maximum absolute atomic E-state index is 13.2. The number of carbonyl (C=O) groups is 1. The van der Waals surface area contributed by atoms with Crippen LogP contribution in [0.5, 0.6) is 5.75 Å². The predicted octanol–water partition coefficient (Wildman–Crippen LogP) is 3.80. The van der Waals surface area contributed by atoms with Gasteiger partial charge in [-0.3, -0.25) is 9.48 Å². The number of nitrogens with zero attached hydrogens (tertiary/aromatic N) is 5. The van der Waals surface area contributed by atoms with Crippen LogP contribution in [0.4, 0.5) is 4.39 Å². The first kappa shape index (κ1) is 20.3. The van der Waals surface area contributed by atoms with Gasteiger partial charge in [0.15, 0.2) is 22.1 Å². The van der Waals surface area contributed by atoms with Crippen LogP contribution in [0.1, 0.15) is 26.6 Å². The molecule has 0 spiro atoms.